The first-order valence-corrected chi connectivity index (χ1v) is 11.7. The second-order valence-corrected chi connectivity index (χ2v) is 10.0. The number of likely N-dealkylation sites (tertiary alicyclic amines) is 1. The molecule has 2 saturated heterocycles. The van der Waals surface area contributed by atoms with Gasteiger partial charge in [0.25, 0.3) is 0 Å². The number of likely N-dealkylation sites (N-methyl/N-ethyl adjacent to an activating group) is 1. The normalized spacial score (nSPS) is 29.6. The summed E-state index contributed by atoms with van der Waals surface area (Å²) in [5, 5.41) is 23.8. The molecule has 0 radical (unpaired) electrons. The smallest absolute Gasteiger partial charge is 0.164 e. The van der Waals surface area contributed by atoms with Crippen molar-refractivity contribution in [1.29, 1.82) is 0 Å². The molecule has 6 N–H and O–H groups in total. The summed E-state index contributed by atoms with van der Waals surface area (Å²) in [7, 11) is 1.99. The van der Waals surface area contributed by atoms with Gasteiger partial charge in [-0.15, -0.1) is 0 Å². The average Bonchev–Trinajstić information content (AvgIpc) is 3.45. The highest BCUT2D eigenvalue weighted by Gasteiger charge is 2.59. The molecule has 5 atom stereocenters. The van der Waals surface area contributed by atoms with Gasteiger partial charge in [-0.05, 0) is 46.7 Å². The number of aromatic nitrogens is 4. The van der Waals surface area contributed by atoms with Crippen LogP contribution in [0.3, 0.4) is 0 Å². The fraction of sp³-hybridized carbons (Fsp3) is 0.348. The zero-order valence-electron chi connectivity index (χ0n) is 18.3. The van der Waals surface area contributed by atoms with Crippen molar-refractivity contribution in [2.24, 2.45) is 0 Å². The van der Waals surface area contributed by atoms with E-state index in [2.05, 4.69) is 41.8 Å². The Labute approximate surface area is 203 Å². The molecule has 0 amide bonds. The van der Waals surface area contributed by atoms with Crippen molar-refractivity contribution >= 4 is 49.5 Å². The number of nitrogen functional groups attached to an aromatic ring is 2. The number of aliphatic hydroxyl groups is 2. The number of ether oxygens (including phenoxy) is 1. The summed E-state index contributed by atoms with van der Waals surface area (Å²) in [6.07, 6.45) is 0.625. The molecule has 2 aliphatic heterocycles. The third-order valence-electron chi connectivity index (χ3n) is 7.12. The van der Waals surface area contributed by atoms with Crippen LogP contribution in [0.1, 0.15) is 24.3 Å². The van der Waals surface area contributed by atoms with Gasteiger partial charge in [-0.2, -0.15) is 0 Å². The van der Waals surface area contributed by atoms with E-state index in [4.69, 9.17) is 16.2 Å². The zero-order chi connectivity index (χ0) is 23.8. The SMILES string of the molecule is CN1CC2(CC1c1ccc3cc(Br)c(N)nc3c1)OC(n1ccc3c(N)ncnc31)C(O)C2O. The van der Waals surface area contributed by atoms with Crippen molar-refractivity contribution in [2.45, 2.75) is 36.5 Å². The van der Waals surface area contributed by atoms with Gasteiger partial charge in [0.2, 0.25) is 0 Å². The lowest BCUT2D eigenvalue weighted by Crippen LogP contribution is -2.44. The second-order valence-electron chi connectivity index (χ2n) is 9.17. The van der Waals surface area contributed by atoms with Crippen LogP contribution in [0, 0.1) is 0 Å². The van der Waals surface area contributed by atoms with Crippen LogP contribution < -0.4 is 11.5 Å². The summed E-state index contributed by atoms with van der Waals surface area (Å²) in [4.78, 5) is 15.0. The van der Waals surface area contributed by atoms with Crippen molar-refractivity contribution in [3.05, 3.63) is 52.9 Å². The number of hydrogen-bond acceptors (Lipinski definition) is 9. The number of rotatable bonds is 2. The molecular formula is C23H24BrN7O3. The molecule has 4 aromatic rings. The Hall–Kier alpha value is -2.83. The van der Waals surface area contributed by atoms with Crippen molar-refractivity contribution in [2.75, 3.05) is 25.1 Å². The number of halogens is 1. The molecule has 3 aromatic heterocycles. The molecule has 0 bridgehead atoms. The lowest BCUT2D eigenvalue weighted by molar-refractivity contribution is -0.0945. The zero-order valence-corrected chi connectivity index (χ0v) is 19.9. The van der Waals surface area contributed by atoms with Gasteiger partial charge in [0.05, 0.1) is 15.4 Å². The number of nitrogens with two attached hydrogens (primary N) is 2. The highest BCUT2D eigenvalue weighted by molar-refractivity contribution is 9.10. The van der Waals surface area contributed by atoms with Gasteiger partial charge in [-0.3, -0.25) is 4.90 Å². The Kier molecular flexibility index (Phi) is 4.84. The molecular weight excluding hydrogens is 502 g/mol. The predicted molar refractivity (Wildman–Crippen MR) is 131 cm³/mol. The van der Waals surface area contributed by atoms with Gasteiger partial charge in [-0.1, -0.05) is 12.1 Å². The quantitative estimate of drug-likeness (QED) is 0.308. The Bertz CT molecular complexity index is 1430. The maximum atomic E-state index is 11.2. The summed E-state index contributed by atoms with van der Waals surface area (Å²) in [6, 6.07) is 9.79. The van der Waals surface area contributed by atoms with E-state index in [1.807, 2.05) is 25.2 Å². The topological polar surface area (TPSA) is 149 Å². The molecule has 11 heteroatoms. The third-order valence-corrected chi connectivity index (χ3v) is 7.75. The first-order valence-electron chi connectivity index (χ1n) is 10.9. The first kappa shape index (κ1) is 21.7. The largest absolute Gasteiger partial charge is 0.387 e. The summed E-state index contributed by atoms with van der Waals surface area (Å²) < 4.78 is 8.92. The van der Waals surface area contributed by atoms with E-state index >= 15 is 0 Å². The number of nitrogens with zero attached hydrogens (tertiary/aromatic N) is 5. The van der Waals surface area contributed by atoms with Crippen LogP contribution in [0.2, 0.25) is 0 Å². The molecule has 0 aliphatic carbocycles. The lowest BCUT2D eigenvalue weighted by Gasteiger charge is -2.26. The van der Waals surface area contributed by atoms with Crippen LogP contribution in [0.4, 0.5) is 11.6 Å². The Morgan fingerprint density at radius 2 is 1.97 bits per heavy atom. The summed E-state index contributed by atoms with van der Waals surface area (Å²) >= 11 is 3.42. The van der Waals surface area contributed by atoms with Crippen LogP contribution in [-0.4, -0.2) is 66.0 Å². The van der Waals surface area contributed by atoms with Crippen LogP contribution >= 0.6 is 15.9 Å². The molecule has 2 aliphatic rings. The van der Waals surface area contributed by atoms with Gasteiger partial charge in [-0.25, -0.2) is 15.0 Å². The van der Waals surface area contributed by atoms with E-state index in [-0.39, 0.29) is 6.04 Å². The van der Waals surface area contributed by atoms with Crippen molar-refractivity contribution in [3.63, 3.8) is 0 Å². The average molecular weight is 526 g/mol. The molecule has 1 spiro atoms. The minimum Gasteiger partial charge on any atom is -0.387 e. The van der Waals surface area contributed by atoms with Crippen LogP contribution in [-0.2, 0) is 4.74 Å². The van der Waals surface area contributed by atoms with Crippen molar-refractivity contribution < 1.29 is 14.9 Å². The Morgan fingerprint density at radius 3 is 2.79 bits per heavy atom. The molecule has 1 aromatic carbocycles. The Balaban J connectivity index is 1.33. The van der Waals surface area contributed by atoms with E-state index in [1.54, 1.807) is 16.8 Å². The van der Waals surface area contributed by atoms with E-state index < -0.39 is 24.0 Å². The monoisotopic (exact) mass is 525 g/mol. The summed E-state index contributed by atoms with van der Waals surface area (Å²) in [6.45, 7) is 0.455. The number of hydrogen-bond donors (Lipinski definition) is 4. The minimum absolute atomic E-state index is 0.0314. The first-order chi connectivity index (χ1) is 16.3. The number of aliphatic hydroxyl groups excluding tert-OH is 2. The highest BCUT2D eigenvalue weighted by Crippen LogP contribution is 2.49. The van der Waals surface area contributed by atoms with Gasteiger partial charge < -0.3 is 31.0 Å². The van der Waals surface area contributed by atoms with Crippen LogP contribution in [0.5, 0.6) is 0 Å². The third kappa shape index (κ3) is 3.12. The van der Waals surface area contributed by atoms with Crippen LogP contribution in [0.15, 0.2) is 47.3 Å². The highest BCUT2D eigenvalue weighted by atomic mass is 79.9. The summed E-state index contributed by atoms with van der Waals surface area (Å²) in [5.74, 6) is 0.787. The molecule has 6 rings (SSSR count). The fourth-order valence-electron chi connectivity index (χ4n) is 5.40. The van der Waals surface area contributed by atoms with Gasteiger partial charge in [0.15, 0.2) is 6.23 Å². The van der Waals surface area contributed by atoms with Gasteiger partial charge in [0.1, 0.15) is 41.4 Å². The number of anilines is 2. The standard InChI is InChI=1S/C23H24BrN7O3/c1-30-9-23(8-16(30)12-3-2-11-6-14(24)20(26)29-15(11)7-12)18(33)17(32)22(34-23)31-5-4-13-19(25)27-10-28-21(13)31/h2-7,10,16-18,22,32-33H,8-9H2,1H3,(H2,26,29)(H2,25,27,28). The van der Waals surface area contributed by atoms with E-state index in [1.165, 1.54) is 6.33 Å². The second kappa shape index (κ2) is 7.59. The van der Waals surface area contributed by atoms with Gasteiger partial charge >= 0.3 is 0 Å². The van der Waals surface area contributed by atoms with Crippen molar-refractivity contribution in [3.8, 4) is 0 Å². The minimum atomic E-state index is -1.13. The van der Waals surface area contributed by atoms with Crippen molar-refractivity contribution in [1.82, 2.24) is 24.4 Å². The number of pyridine rings is 1. The lowest BCUT2D eigenvalue weighted by atomic mass is 9.90. The van der Waals surface area contributed by atoms with Gasteiger partial charge in [0, 0.05) is 30.6 Å². The maximum Gasteiger partial charge on any atom is 0.164 e. The van der Waals surface area contributed by atoms with E-state index in [9.17, 15) is 10.2 Å². The number of benzene rings is 1. The molecule has 2 fully saturated rings. The number of fused-ring (bicyclic) bond motifs is 2. The molecule has 0 saturated carbocycles. The molecule has 34 heavy (non-hydrogen) atoms. The van der Waals surface area contributed by atoms with E-state index in [0.29, 0.717) is 35.6 Å². The molecule has 10 nitrogen and oxygen atoms in total. The Morgan fingerprint density at radius 1 is 1.15 bits per heavy atom. The maximum absolute atomic E-state index is 11.2. The van der Waals surface area contributed by atoms with E-state index in [0.717, 1.165) is 20.9 Å². The van der Waals surface area contributed by atoms with Crippen LogP contribution in [0.25, 0.3) is 21.9 Å². The molecule has 5 heterocycles. The predicted octanol–water partition coefficient (Wildman–Crippen LogP) is 1.97. The molecule has 176 valence electrons. The summed E-state index contributed by atoms with van der Waals surface area (Å²) in [5.41, 5.74) is 13.4. The fourth-order valence-corrected chi connectivity index (χ4v) is 5.73. The molecule has 5 unspecified atom stereocenters.